The second kappa shape index (κ2) is 10.7. The molecule has 6 nitrogen and oxygen atoms in total. The fourth-order valence-corrected chi connectivity index (χ4v) is 5.29. The number of amides is 2. The Hall–Kier alpha value is -1.73. The Morgan fingerprint density at radius 3 is 2.55 bits per heavy atom. The lowest BCUT2D eigenvalue weighted by Gasteiger charge is -2.36. The Morgan fingerprint density at radius 2 is 1.87 bits per heavy atom. The third kappa shape index (κ3) is 6.62. The summed E-state index contributed by atoms with van der Waals surface area (Å²) in [6.45, 7) is 13.9. The van der Waals surface area contributed by atoms with Crippen LogP contribution in [-0.2, 0) is 9.59 Å². The minimum atomic E-state index is -0.452. The first-order chi connectivity index (χ1) is 14.8. The average Bonchev–Trinajstić information content (AvgIpc) is 3.22. The van der Waals surface area contributed by atoms with E-state index in [1.54, 1.807) is 16.7 Å². The Morgan fingerprint density at radius 1 is 1.13 bits per heavy atom. The topological polar surface area (TPSA) is 55.9 Å². The van der Waals surface area contributed by atoms with Gasteiger partial charge in [-0.2, -0.15) is 0 Å². The number of unbranched alkanes of at least 4 members (excludes halogenated alkanes) is 1. The first-order valence-corrected chi connectivity index (χ1v) is 12.6. The van der Waals surface area contributed by atoms with Crippen molar-refractivity contribution in [3.63, 3.8) is 0 Å². The van der Waals surface area contributed by atoms with Gasteiger partial charge in [0.1, 0.15) is 6.04 Å². The number of anilines is 1. The lowest BCUT2D eigenvalue weighted by Crippen LogP contribution is -2.50. The molecule has 31 heavy (non-hydrogen) atoms. The van der Waals surface area contributed by atoms with E-state index in [0.717, 1.165) is 45.6 Å². The van der Waals surface area contributed by atoms with Crippen molar-refractivity contribution >= 4 is 29.3 Å². The molecule has 2 amide bonds. The normalized spacial score (nSPS) is 20.2. The van der Waals surface area contributed by atoms with Crippen LogP contribution >= 0.6 is 11.8 Å². The van der Waals surface area contributed by atoms with Crippen molar-refractivity contribution in [2.24, 2.45) is 5.41 Å². The van der Waals surface area contributed by atoms with Crippen LogP contribution in [0.25, 0.3) is 0 Å². The van der Waals surface area contributed by atoms with Gasteiger partial charge >= 0.3 is 0 Å². The maximum Gasteiger partial charge on any atom is 0.243 e. The SMILES string of the molecule is Cc1cccc(N2CCN(CCCCNC(=O)C3CSCN3C(=O)C(C)(C)C)CC2)c1. The van der Waals surface area contributed by atoms with Gasteiger partial charge in [0.15, 0.2) is 0 Å². The summed E-state index contributed by atoms with van der Waals surface area (Å²) in [5.41, 5.74) is 2.18. The fraction of sp³-hybridized carbons (Fsp3) is 0.667. The molecule has 1 aromatic rings. The quantitative estimate of drug-likeness (QED) is 0.653. The number of hydrogen-bond acceptors (Lipinski definition) is 5. The predicted octanol–water partition coefficient (Wildman–Crippen LogP) is 2.96. The number of hydrogen-bond donors (Lipinski definition) is 1. The molecule has 2 aliphatic rings. The molecule has 7 heteroatoms. The third-order valence-electron chi connectivity index (χ3n) is 6.03. The van der Waals surface area contributed by atoms with Crippen LogP contribution in [0.3, 0.4) is 0 Å². The van der Waals surface area contributed by atoms with Gasteiger partial charge in [0.2, 0.25) is 11.8 Å². The molecule has 3 rings (SSSR count). The molecule has 0 bridgehead atoms. The summed E-state index contributed by atoms with van der Waals surface area (Å²) in [6.07, 6.45) is 2.05. The number of carbonyl (C=O) groups is 2. The van der Waals surface area contributed by atoms with Gasteiger partial charge in [-0.3, -0.25) is 14.5 Å². The van der Waals surface area contributed by atoms with Crippen molar-refractivity contribution in [2.75, 3.05) is 55.8 Å². The zero-order chi connectivity index (χ0) is 22.4. The van der Waals surface area contributed by atoms with Crippen LogP contribution in [0, 0.1) is 12.3 Å². The summed E-state index contributed by atoms with van der Waals surface area (Å²) in [5.74, 6) is 1.36. The zero-order valence-electron chi connectivity index (χ0n) is 19.5. The summed E-state index contributed by atoms with van der Waals surface area (Å²) in [4.78, 5) is 31.9. The van der Waals surface area contributed by atoms with Crippen LogP contribution in [-0.4, -0.2) is 78.6 Å². The monoisotopic (exact) mass is 446 g/mol. The molecule has 0 aromatic heterocycles. The van der Waals surface area contributed by atoms with Gasteiger partial charge in [0.25, 0.3) is 0 Å². The van der Waals surface area contributed by atoms with E-state index in [0.29, 0.717) is 18.2 Å². The van der Waals surface area contributed by atoms with Crippen LogP contribution in [0.15, 0.2) is 24.3 Å². The number of rotatable bonds is 7. The molecule has 2 aliphatic heterocycles. The third-order valence-corrected chi connectivity index (χ3v) is 7.04. The standard InChI is InChI=1S/C24H38N4O2S/c1-19-8-7-9-20(16-19)27-14-12-26(13-15-27)11-6-5-10-25-22(29)21-17-31-18-28(21)23(30)24(2,3)4/h7-9,16,21H,5-6,10-15,17-18H2,1-4H3,(H,25,29). The van der Waals surface area contributed by atoms with Crippen LogP contribution < -0.4 is 10.2 Å². The first kappa shape index (κ1) is 23.9. The first-order valence-electron chi connectivity index (χ1n) is 11.5. The molecule has 0 radical (unpaired) electrons. The van der Waals surface area contributed by atoms with E-state index in [9.17, 15) is 9.59 Å². The molecule has 1 N–H and O–H groups in total. The van der Waals surface area contributed by atoms with Gasteiger partial charge in [0, 0.05) is 49.6 Å². The van der Waals surface area contributed by atoms with Crippen LogP contribution in [0.5, 0.6) is 0 Å². The second-order valence-corrected chi connectivity index (χ2v) is 10.7. The van der Waals surface area contributed by atoms with E-state index >= 15 is 0 Å². The molecule has 1 atom stereocenters. The highest BCUT2D eigenvalue weighted by Crippen LogP contribution is 2.27. The Bertz CT molecular complexity index is 756. The maximum absolute atomic E-state index is 12.6. The van der Waals surface area contributed by atoms with E-state index in [-0.39, 0.29) is 17.9 Å². The average molecular weight is 447 g/mol. The maximum atomic E-state index is 12.6. The highest BCUT2D eigenvalue weighted by molar-refractivity contribution is 7.99. The lowest BCUT2D eigenvalue weighted by molar-refractivity contribution is -0.144. The van der Waals surface area contributed by atoms with Gasteiger partial charge in [0.05, 0.1) is 5.88 Å². The molecule has 1 unspecified atom stereocenters. The number of aryl methyl sites for hydroxylation is 1. The molecule has 0 saturated carbocycles. The van der Waals surface area contributed by atoms with E-state index in [1.807, 2.05) is 20.8 Å². The lowest BCUT2D eigenvalue weighted by atomic mass is 9.94. The minimum absolute atomic E-state index is 0.00521. The van der Waals surface area contributed by atoms with Crippen molar-refractivity contribution in [1.29, 1.82) is 0 Å². The summed E-state index contributed by atoms with van der Waals surface area (Å²) in [7, 11) is 0. The highest BCUT2D eigenvalue weighted by atomic mass is 32.2. The number of nitrogens with one attached hydrogen (secondary N) is 1. The van der Waals surface area contributed by atoms with Gasteiger partial charge in [-0.15, -0.1) is 11.8 Å². The number of nitrogens with zero attached hydrogens (tertiary/aromatic N) is 3. The molecular weight excluding hydrogens is 408 g/mol. The molecule has 2 heterocycles. The van der Waals surface area contributed by atoms with Crippen molar-refractivity contribution < 1.29 is 9.59 Å². The summed E-state index contributed by atoms with van der Waals surface area (Å²) in [5, 5.41) is 3.06. The largest absolute Gasteiger partial charge is 0.369 e. The second-order valence-electron chi connectivity index (χ2n) is 9.71. The van der Waals surface area contributed by atoms with Crippen LogP contribution in [0.4, 0.5) is 5.69 Å². The van der Waals surface area contributed by atoms with Crippen molar-refractivity contribution in [3.05, 3.63) is 29.8 Å². The van der Waals surface area contributed by atoms with Crippen molar-refractivity contribution in [1.82, 2.24) is 15.1 Å². The number of piperazine rings is 1. The van der Waals surface area contributed by atoms with Gasteiger partial charge in [-0.25, -0.2) is 0 Å². The van der Waals surface area contributed by atoms with Gasteiger partial charge < -0.3 is 15.1 Å². The highest BCUT2D eigenvalue weighted by Gasteiger charge is 2.38. The summed E-state index contributed by atoms with van der Waals surface area (Å²) >= 11 is 1.66. The van der Waals surface area contributed by atoms with Crippen LogP contribution in [0.1, 0.15) is 39.2 Å². The molecule has 0 spiro atoms. The van der Waals surface area contributed by atoms with Crippen LogP contribution in [0.2, 0.25) is 0 Å². The Balaban J connectivity index is 1.32. The fourth-order valence-electron chi connectivity index (χ4n) is 4.13. The van der Waals surface area contributed by atoms with Gasteiger partial charge in [-0.1, -0.05) is 32.9 Å². The Kier molecular flexibility index (Phi) is 8.28. The number of benzene rings is 1. The molecule has 172 valence electrons. The molecule has 2 fully saturated rings. The zero-order valence-corrected chi connectivity index (χ0v) is 20.3. The summed E-state index contributed by atoms with van der Waals surface area (Å²) < 4.78 is 0. The summed E-state index contributed by atoms with van der Waals surface area (Å²) in [6, 6.07) is 8.41. The predicted molar refractivity (Wildman–Crippen MR) is 129 cm³/mol. The van der Waals surface area contributed by atoms with E-state index in [2.05, 4.69) is 46.3 Å². The number of carbonyl (C=O) groups excluding carboxylic acids is 2. The molecule has 0 aliphatic carbocycles. The molecule has 2 saturated heterocycles. The van der Waals surface area contributed by atoms with Gasteiger partial charge in [-0.05, 0) is 44.0 Å². The van der Waals surface area contributed by atoms with Crippen molar-refractivity contribution in [2.45, 2.75) is 46.6 Å². The van der Waals surface area contributed by atoms with E-state index in [4.69, 9.17) is 0 Å². The molecule has 1 aromatic carbocycles. The Labute approximate surface area is 191 Å². The van der Waals surface area contributed by atoms with E-state index in [1.165, 1.54) is 11.3 Å². The van der Waals surface area contributed by atoms with E-state index < -0.39 is 5.41 Å². The number of thioether (sulfide) groups is 1. The van der Waals surface area contributed by atoms with Crippen molar-refractivity contribution in [3.8, 4) is 0 Å². The minimum Gasteiger partial charge on any atom is -0.369 e. The molecular formula is C24H38N4O2S. The smallest absolute Gasteiger partial charge is 0.243 e.